The van der Waals surface area contributed by atoms with Crippen LogP contribution >= 0.6 is 0 Å². The van der Waals surface area contributed by atoms with E-state index in [-0.39, 0.29) is 5.97 Å². The number of ether oxygens (including phenoxy) is 1. The van der Waals surface area contributed by atoms with Crippen LogP contribution in [0.3, 0.4) is 0 Å². The molecule has 0 aromatic carbocycles. The average Bonchev–Trinajstić information content (AvgIpc) is 2.56. The Labute approximate surface area is 83.0 Å². The molecule has 4 heteroatoms. The van der Waals surface area contributed by atoms with Crippen LogP contribution in [0.15, 0.2) is 18.2 Å². The van der Waals surface area contributed by atoms with E-state index in [1.165, 1.54) is 7.11 Å². The Bertz CT molecular complexity index is 353. The van der Waals surface area contributed by atoms with Gasteiger partial charge < -0.3 is 15.0 Å². The first-order valence-corrected chi connectivity index (χ1v) is 4.31. The zero-order valence-electron chi connectivity index (χ0n) is 8.36. The second kappa shape index (κ2) is 4.62. The second-order valence-electron chi connectivity index (χ2n) is 2.83. The van der Waals surface area contributed by atoms with E-state index in [4.69, 9.17) is 5.73 Å². The van der Waals surface area contributed by atoms with E-state index >= 15 is 0 Å². The van der Waals surface area contributed by atoms with Crippen molar-refractivity contribution >= 4 is 12.0 Å². The fraction of sp³-hybridized carbons (Fsp3) is 0.300. The first-order valence-electron chi connectivity index (χ1n) is 4.31. The molecule has 1 heterocycles. The Morgan fingerprint density at radius 2 is 2.36 bits per heavy atom. The Hall–Kier alpha value is -1.55. The van der Waals surface area contributed by atoms with Gasteiger partial charge >= 0.3 is 5.97 Å². The molecule has 76 valence electrons. The quantitative estimate of drug-likeness (QED) is 0.723. The normalized spacial score (nSPS) is 10.8. The van der Waals surface area contributed by atoms with Gasteiger partial charge in [0, 0.05) is 19.3 Å². The molecule has 0 aliphatic carbocycles. The predicted octanol–water partition coefficient (Wildman–Crippen LogP) is 0.784. The molecule has 4 nitrogen and oxygen atoms in total. The highest BCUT2D eigenvalue weighted by atomic mass is 16.5. The number of carbonyl (C=O) groups is 1. The number of hydrogen-bond donors (Lipinski definition) is 1. The van der Waals surface area contributed by atoms with Crippen molar-refractivity contribution in [3.63, 3.8) is 0 Å². The van der Waals surface area contributed by atoms with Gasteiger partial charge in [0.2, 0.25) is 0 Å². The molecule has 2 N–H and O–H groups in total. The van der Waals surface area contributed by atoms with Crippen LogP contribution in [0.2, 0.25) is 0 Å². The summed E-state index contributed by atoms with van der Waals surface area (Å²) in [4.78, 5) is 11.2. The number of nitrogens with zero attached hydrogens (tertiary/aromatic N) is 1. The number of aromatic nitrogens is 1. The molecule has 0 radical (unpaired) electrons. The van der Waals surface area contributed by atoms with Crippen molar-refractivity contribution in [3.8, 4) is 0 Å². The molecule has 1 rings (SSSR count). The molecule has 0 amide bonds. The van der Waals surface area contributed by atoms with Crippen LogP contribution in [0.5, 0.6) is 0 Å². The second-order valence-corrected chi connectivity index (χ2v) is 2.83. The molecular formula is C10H14N2O2. The van der Waals surface area contributed by atoms with Gasteiger partial charge in [-0.3, -0.25) is 0 Å². The summed E-state index contributed by atoms with van der Waals surface area (Å²) in [6.45, 7) is 0.485. The first-order chi connectivity index (χ1) is 6.70. The van der Waals surface area contributed by atoms with Crippen LogP contribution in [0, 0.1) is 0 Å². The number of carbonyl (C=O) groups excluding carboxylic acids is 1. The van der Waals surface area contributed by atoms with E-state index in [1.54, 1.807) is 10.6 Å². The summed E-state index contributed by atoms with van der Waals surface area (Å²) in [5, 5.41) is 0. The zero-order chi connectivity index (χ0) is 10.6. The Morgan fingerprint density at radius 1 is 1.64 bits per heavy atom. The zero-order valence-corrected chi connectivity index (χ0v) is 8.36. The summed E-state index contributed by atoms with van der Waals surface area (Å²) in [5.41, 5.74) is 6.79. The van der Waals surface area contributed by atoms with Gasteiger partial charge in [0.25, 0.3) is 0 Å². The average molecular weight is 194 g/mol. The lowest BCUT2D eigenvalue weighted by molar-refractivity contribution is 0.0590. The molecule has 0 saturated carbocycles. The van der Waals surface area contributed by atoms with Gasteiger partial charge in [0.15, 0.2) is 0 Å². The van der Waals surface area contributed by atoms with Gasteiger partial charge in [-0.15, -0.1) is 0 Å². The van der Waals surface area contributed by atoms with E-state index in [2.05, 4.69) is 4.74 Å². The molecule has 14 heavy (non-hydrogen) atoms. The third-order valence-electron chi connectivity index (χ3n) is 1.98. The van der Waals surface area contributed by atoms with E-state index < -0.39 is 0 Å². The molecule has 0 aliphatic rings. The van der Waals surface area contributed by atoms with Crippen LogP contribution in [-0.4, -0.2) is 24.2 Å². The highest BCUT2D eigenvalue weighted by molar-refractivity contribution is 5.88. The molecule has 0 bridgehead atoms. The van der Waals surface area contributed by atoms with Gasteiger partial charge in [-0.25, -0.2) is 4.79 Å². The van der Waals surface area contributed by atoms with Crippen LogP contribution < -0.4 is 5.73 Å². The van der Waals surface area contributed by atoms with Crippen molar-refractivity contribution in [2.45, 2.75) is 0 Å². The van der Waals surface area contributed by atoms with Gasteiger partial charge in [-0.2, -0.15) is 0 Å². The predicted molar refractivity (Wildman–Crippen MR) is 54.8 cm³/mol. The number of esters is 1. The minimum absolute atomic E-state index is 0.333. The lowest BCUT2D eigenvalue weighted by atomic mass is 10.4. The summed E-state index contributed by atoms with van der Waals surface area (Å²) >= 11 is 0. The van der Waals surface area contributed by atoms with Crippen LogP contribution in [0.25, 0.3) is 6.08 Å². The van der Waals surface area contributed by atoms with Crippen molar-refractivity contribution in [1.29, 1.82) is 0 Å². The van der Waals surface area contributed by atoms with Crippen LogP contribution in [-0.2, 0) is 11.8 Å². The molecule has 1 aromatic rings. The topological polar surface area (TPSA) is 57.2 Å². The maximum atomic E-state index is 11.2. The van der Waals surface area contributed by atoms with Crippen molar-refractivity contribution in [2.75, 3.05) is 13.7 Å². The van der Waals surface area contributed by atoms with Crippen LogP contribution in [0.4, 0.5) is 0 Å². The molecular weight excluding hydrogens is 180 g/mol. The van der Waals surface area contributed by atoms with E-state index in [9.17, 15) is 4.79 Å². The summed E-state index contributed by atoms with van der Waals surface area (Å²) in [6.07, 6.45) is 3.70. The van der Waals surface area contributed by atoms with Gasteiger partial charge in [0.05, 0.1) is 7.11 Å². The Morgan fingerprint density at radius 3 is 2.93 bits per heavy atom. The summed E-state index contributed by atoms with van der Waals surface area (Å²) in [5.74, 6) is -0.333. The van der Waals surface area contributed by atoms with Crippen molar-refractivity contribution in [3.05, 3.63) is 29.6 Å². The lowest BCUT2D eigenvalue weighted by Gasteiger charge is -2.02. The highest BCUT2D eigenvalue weighted by Gasteiger charge is 2.10. The minimum atomic E-state index is -0.333. The van der Waals surface area contributed by atoms with Crippen LogP contribution in [0.1, 0.15) is 16.2 Å². The smallest absolute Gasteiger partial charge is 0.354 e. The lowest BCUT2D eigenvalue weighted by Crippen LogP contribution is -2.08. The molecule has 0 saturated heterocycles. The van der Waals surface area contributed by atoms with Gasteiger partial charge in [-0.1, -0.05) is 6.08 Å². The molecule has 0 aliphatic heterocycles. The van der Waals surface area contributed by atoms with E-state index in [1.807, 2.05) is 25.3 Å². The first kappa shape index (κ1) is 10.5. The van der Waals surface area contributed by atoms with Crippen molar-refractivity contribution in [1.82, 2.24) is 4.57 Å². The molecule has 1 aromatic heterocycles. The molecule has 0 atom stereocenters. The van der Waals surface area contributed by atoms with Gasteiger partial charge in [-0.05, 0) is 18.2 Å². The molecule has 0 unspecified atom stereocenters. The minimum Gasteiger partial charge on any atom is -0.464 e. The monoisotopic (exact) mass is 194 g/mol. The number of nitrogens with two attached hydrogens (primary N) is 1. The standard InChI is InChI=1S/C10H14N2O2/c1-12-8(4-3-7-11)5-6-9(12)10(13)14-2/h3-6H,7,11H2,1-2H3/b4-3+. The maximum absolute atomic E-state index is 11.2. The number of methoxy groups -OCH3 is 1. The molecule has 0 fully saturated rings. The Balaban J connectivity index is 2.96. The number of rotatable bonds is 3. The van der Waals surface area contributed by atoms with Crippen molar-refractivity contribution < 1.29 is 9.53 Å². The van der Waals surface area contributed by atoms with Crippen molar-refractivity contribution in [2.24, 2.45) is 12.8 Å². The third kappa shape index (κ3) is 2.03. The van der Waals surface area contributed by atoms with E-state index in [0.717, 1.165) is 5.69 Å². The SMILES string of the molecule is COC(=O)c1ccc(/C=C/CN)n1C. The van der Waals surface area contributed by atoms with E-state index in [0.29, 0.717) is 12.2 Å². The highest BCUT2D eigenvalue weighted by Crippen LogP contribution is 2.09. The fourth-order valence-corrected chi connectivity index (χ4v) is 1.19. The van der Waals surface area contributed by atoms with Gasteiger partial charge in [0.1, 0.15) is 5.69 Å². The third-order valence-corrected chi connectivity index (χ3v) is 1.98. The summed E-state index contributed by atoms with van der Waals surface area (Å²) < 4.78 is 6.39. The maximum Gasteiger partial charge on any atom is 0.354 e. The molecule has 0 spiro atoms. The fourth-order valence-electron chi connectivity index (χ4n) is 1.19. The number of hydrogen-bond acceptors (Lipinski definition) is 3. The summed E-state index contributed by atoms with van der Waals surface area (Å²) in [7, 11) is 3.17. The summed E-state index contributed by atoms with van der Waals surface area (Å²) in [6, 6.07) is 3.57. The largest absolute Gasteiger partial charge is 0.464 e. The Kier molecular flexibility index (Phi) is 3.48.